The highest BCUT2D eigenvalue weighted by atomic mass is 16.5. The molecule has 1 aromatic heterocycles. The molecule has 0 spiro atoms. The zero-order valence-corrected chi connectivity index (χ0v) is 16.8. The van der Waals surface area contributed by atoms with Gasteiger partial charge >= 0.3 is 0 Å². The van der Waals surface area contributed by atoms with E-state index in [9.17, 15) is 4.79 Å². The summed E-state index contributed by atoms with van der Waals surface area (Å²) in [5.74, 6) is 1.23. The van der Waals surface area contributed by atoms with Gasteiger partial charge in [-0.2, -0.15) is 4.98 Å². The lowest BCUT2D eigenvalue weighted by Crippen LogP contribution is -2.27. The van der Waals surface area contributed by atoms with Crippen LogP contribution in [0.5, 0.6) is 0 Å². The van der Waals surface area contributed by atoms with Gasteiger partial charge in [0.05, 0.1) is 0 Å². The first-order valence-corrected chi connectivity index (χ1v) is 9.69. The molecule has 144 valence electrons. The predicted molar refractivity (Wildman–Crippen MR) is 108 cm³/mol. The van der Waals surface area contributed by atoms with Gasteiger partial charge in [-0.25, -0.2) is 0 Å². The molecule has 0 bridgehead atoms. The number of nitrogens with zero attached hydrogens (tertiary/aromatic N) is 3. The molecule has 1 fully saturated rings. The first-order chi connectivity index (χ1) is 13.4. The SMILES string of the molecule is Cc1ccc(CN2C(=O)CCC2c2nc(-c3ccc(C)c(C)c3)no2)c(C)c1. The molecule has 5 nitrogen and oxygen atoms in total. The van der Waals surface area contributed by atoms with Gasteiger partial charge in [0.1, 0.15) is 6.04 Å². The molecule has 0 radical (unpaired) electrons. The molecule has 1 saturated heterocycles. The van der Waals surface area contributed by atoms with E-state index < -0.39 is 0 Å². The smallest absolute Gasteiger partial charge is 0.249 e. The fraction of sp³-hybridized carbons (Fsp3) is 0.348. The largest absolute Gasteiger partial charge is 0.337 e. The third kappa shape index (κ3) is 3.44. The van der Waals surface area contributed by atoms with Gasteiger partial charge in [0.2, 0.25) is 17.6 Å². The first kappa shape index (κ1) is 18.4. The van der Waals surface area contributed by atoms with Gasteiger partial charge in [0.15, 0.2) is 0 Å². The van der Waals surface area contributed by atoms with E-state index in [1.54, 1.807) is 0 Å². The van der Waals surface area contributed by atoms with Crippen molar-refractivity contribution in [2.24, 2.45) is 0 Å². The van der Waals surface area contributed by atoms with Crippen LogP contribution in [0.1, 0.15) is 52.6 Å². The lowest BCUT2D eigenvalue weighted by Gasteiger charge is -2.23. The van der Waals surface area contributed by atoms with Crippen LogP contribution in [-0.2, 0) is 11.3 Å². The fourth-order valence-electron chi connectivity index (χ4n) is 3.76. The summed E-state index contributed by atoms with van der Waals surface area (Å²) in [4.78, 5) is 19.0. The summed E-state index contributed by atoms with van der Waals surface area (Å²) in [5.41, 5.74) is 6.92. The van der Waals surface area contributed by atoms with Crippen molar-refractivity contribution >= 4 is 5.91 Å². The molecule has 1 aliphatic heterocycles. The molecule has 0 aliphatic carbocycles. The number of carbonyl (C=O) groups is 1. The Labute approximate surface area is 165 Å². The number of hydrogen-bond acceptors (Lipinski definition) is 4. The Balaban J connectivity index is 1.60. The van der Waals surface area contributed by atoms with Gasteiger partial charge in [-0.1, -0.05) is 41.1 Å². The second-order valence-electron chi connectivity index (χ2n) is 7.76. The van der Waals surface area contributed by atoms with E-state index in [0.29, 0.717) is 31.1 Å². The zero-order valence-electron chi connectivity index (χ0n) is 16.8. The number of hydrogen-bond donors (Lipinski definition) is 0. The summed E-state index contributed by atoms with van der Waals surface area (Å²) >= 11 is 0. The quantitative estimate of drug-likeness (QED) is 0.655. The van der Waals surface area contributed by atoms with Crippen LogP contribution in [0.4, 0.5) is 0 Å². The molecule has 2 aromatic carbocycles. The monoisotopic (exact) mass is 375 g/mol. The minimum absolute atomic E-state index is 0.135. The van der Waals surface area contributed by atoms with Crippen molar-refractivity contribution in [3.05, 3.63) is 70.1 Å². The first-order valence-electron chi connectivity index (χ1n) is 9.69. The molecule has 1 amide bonds. The molecule has 0 saturated carbocycles. The van der Waals surface area contributed by atoms with Crippen LogP contribution in [0.25, 0.3) is 11.4 Å². The Hall–Kier alpha value is -2.95. The summed E-state index contributed by atoms with van der Waals surface area (Å²) in [7, 11) is 0. The summed E-state index contributed by atoms with van der Waals surface area (Å²) in [6.45, 7) is 8.88. The Bertz CT molecular complexity index is 1040. The third-order valence-electron chi connectivity index (χ3n) is 5.66. The number of benzene rings is 2. The van der Waals surface area contributed by atoms with Crippen LogP contribution in [0.3, 0.4) is 0 Å². The van der Waals surface area contributed by atoms with Crippen molar-refractivity contribution in [2.75, 3.05) is 0 Å². The van der Waals surface area contributed by atoms with E-state index in [-0.39, 0.29) is 11.9 Å². The Morgan fingerprint density at radius 3 is 2.61 bits per heavy atom. The van der Waals surface area contributed by atoms with E-state index in [2.05, 4.69) is 68.2 Å². The van der Waals surface area contributed by atoms with Gasteiger partial charge in [-0.05, 0) is 62.4 Å². The number of carbonyl (C=O) groups excluding carboxylic acids is 1. The number of rotatable bonds is 4. The molecular formula is C23H25N3O2. The van der Waals surface area contributed by atoms with Crippen LogP contribution < -0.4 is 0 Å². The Kier molecular flexibility index (Phi) is 4.75. The van der Waals surface area contributed by atoms with Crippen molar-refractivity contribution < 1.29 is 9.32 Å². The highest BCUT2D eigenvalue weighted by Gasteiger charge is 2.36. The lowest BCUT2D eigenvalue weighted by molar-refractivity contribution is -0.130. The second-order valence-corrected chi connectivity index (χ2v) is 7.76. The highest BCUT2D eigenvalue weighted by molar-refractivity contribution is 5.79. The number of amides is 1. The summed E-state index contributed by atoms with van der Waals surface area (Å²) in [6.07, 6.45) is 1.22. The van der Waals surface area contributed by atoms with Gasteiger partial charge in [0, 0.05) is 18.5 Å². The predicted octanol–water partition coefficient (Wildman–Crippen LogP) is 4.83. The maximum Gasteiger partial charge on any atom is 0.249 e. The van der Waals surface area contributed by atoms with Crippen molar-refractivity contribution in [3.63, 3.8) is 0 Å². The van der Waals surface area contributed by atoms with E-state index >= 15 is 0 Å². The second kappa shape index (κ2) is 7.23. The molecule has 1 aliphatic rings. The van der Waals surface area contributed by atoms with E-state index in [1.807, 2.05) is 11.0 Å². The minimum Gasteiger partial charge on any atom is -0.337 e. The number of aryl methyl sites for hydroxylation is 4. The van der Waals surface area contributed by atoms with Crippen LogP contribution in [0.2, 0.25) is 0 Å². The van der Waals surface area contributed by atoms with Crippen LogP contribution in [0, 0.1) is 27.7 Å². The molecule has 2 heterocycles. The molecular weight excluding hydrogens is 350 g/mol. The molecule has 28 heavy (non-hydrogen) atoms. The molecule has 5 heteroatoms. The van der Waals surface area contributed by atoms with Crippen LogP contribution >= 0.6 is 0 Å². The Morgan fingerprint density at radius 2 is 1.86 bits per heavy atom. The lowest BCUT2D eigenvalue weighted by atomic mass is 10.0. The van der Waals surface area contributed by atoms with E-state index in [0.717, 1.165) is 11.1 Å². The molecule has 3 aromatic rings. The molecule has 1 atom stereocenters. The third-order valence-corrected chi connectivity index (χ3v) is 5.66. The van der Waals surface area contributed by atoms with Crippen molar-refractivity contribution in [1.29, 1.82) is 0 Å². The van der Waals surface area contributed by atoms with Gasteiger partial charge in [0.25, 0.3) is 0 Å². The van der Waals surface area contributed by atoms with Crippen molar-refractivity contribution in [1.82, 2.24) is 15.0 Å². The van der Waals surface area contributed by atoms with E-state index in [4.69, 9.17) is 4.52 Å². The maximum atomic E-state index is 12.5. The maximum absolute atomic E-state index is 12.5. The minimum atomic E-state index is -0.166. The standard InChI is InChI=1S/C23H25N3O2/c1-14-5-7-19(17(4)11-14)13-26-20(9-10-21(26)27)23-24-22(25-28-23)18-8-6-15(2)16(3)12-18/h5-8,11-12,20H,9-10,13H2,1-4H3. The summed E-state index contributed by atoms with van der Waals surface area (Å²) in [6, 6.07) is 12.3. The zero-order chi connectivity index (χ0) is 19.8. The topological polar surface area (TPSA) is 59.2 Å². The molecule has 4 rings (SSSR count). The van der Waals surface area contributed by atoms with E-state index in [1.165, 1.54) is 22.3 Å². The van der Waals surface area contributed by atoms with Crippen LogP contribution in [-0.4, -0.2) is 20.9 Å². The average Bonchev–Trinajstić information content (AvgIpc) is 3.27. The van der Waals surface area contributed by atoms with Gasteiger partial charge < -0.3 is 9.42 Å². The molecule has 1 unspecified atom stereocenters. The Morgan fingerprint density at radius 1 is 1.04 bits per heavy atom. The number of likely N-dealkylation sites (tertiary alicyclic amines) is 1. The van der Waals surface area contributed by atoms with Crippen LogP contribution in [0.15, 0.2) is 40.9 Å². The van der Waals surface area contributed by atoms with Gasteiger partial charge in [-0.3, -0.25) is 4.79 Å². The molecule has 0 N–H and O–H groups in total. The van der Waals surface area contributed by atoms with Gasteiger partial charge in [-0.15, -0.1) is 0 Å². The number of aromatic nitrogens is 2. The summed E-state index contributed by atoms with van der Waals surface area (Å²) in [5, 5.41) is 4.17. The average molecular weight is 375 g/mol. The fourth-order valence-corrected chi connectivity index (χ4v) is 3.76. The van der Waals surface area contributed by atoms with Crippen molar-refractivity contribution in [2.45, 2.75) is 53.1 Å². The highest BCUT2D eigenvalue weighted by Crippen LogP contribution is 2.34. The van der Waals surface area contributed by atoms with Crippen molar-refractivity contribution in [3.8, 4) is 11.4 Å². The normalized spacial score (nSPS) is 16.8. The summed E-state index contributed by atoms with van der Waals surface area (Å²) < 4.78 is 5.58.